The Morgan fingerprint density at radius 3 is 2.87 bits per heavy atom. The molecule has 122 valence electrons. The van der Waals surface area contributed by atoms with Crippen LogP contribution < -0.4 is 10.0 Å². The summed E-state index contributed by atoms with van der Waals surface area (Å²) in [6.07, 6.45) is 2.63. The zero-order valence-electron chi connectivity index (χ0n) is 12.4. The Morgan fingerprint density at radius 2 is 2.09 bits per heavy atom. The predicted molar refractivity (Wildman–Crippen MR) is 86.7 cm³/mol. The molecule has 1 aromatic heterocycles. The van der Waals surface area contributed by atoms with Gasteiger partial charge in [0, 0.05) is 13.0 Å². The normalized spacial score (nSPS) is 17.5. The third kappa shape index (κ3) is 3.57. The van der Waals surface area contributed by atoms with Crippen molar-refractivity contribution in [2.24, 2.45) is 0 Å². The Morgan fingerprint density at radius 1 is 1.30 bits per heavy atom. The highest BCUT2D eigenvalue weighted by atomic mass is 32.2. The van der Waals surface area contributed by atoms with Crippen molar-refractivity contribution in [3.05, 3.63) is 35.4 Å². The molecule has 0 saturated heterocycles. The number of carbonyl (C=O) groups is 1. The number of benzene rings is 1. The zero-order chi connectivity index (χ0) is 16.4. The molecule has 0 fully saturated rings. The first-order chi connectivity index (χ1) is 11.0. The first-order valence-corrected chi connectivity index (χ1v) is 9.47. The molecule has 1 aliphatic carbocycles. The maximum Gasteiger partial charge on any atom is 0.270 e. The summed E-state index contributed by atoms with van der Waals surface area (Å²) in [6.45, 7) is 1.33. The maximum atomic E-state index is 12.5. The molecule has 1 aromatic carbocycles. The van der Waals surface area contributed by atoms with Gasteiger partial charge < -0.3 is 5.32 Å². The molecule has 1 heterocycles. The molecular weight excluding hydrogens is 336 g/mol. The van der Waals surface area contributed by atoms with Gasteiger partial charge in [-0.05, 0) is 30.4 Å². The fraction of sp³-hybridized carbons (Fsp3) is 0.357. The molecule has 2 aromatic rings. The van der Waals surface area contributed by atoms with Crippen molar-refractivity contribution >= 4 is 32.4 Å². The molecule has 0 unspecified atom stereocenters. The second kappa shape index (κ2) is 6.34. The smallest absolute Gasteiger partial charge is 0.270 e. The summed E-state index contributed by atoms with van der Waals surface area (Å²) in [6, 6.07) is 7.57. The Hall–Kier alpha value is -1.84. The van der Waals surface area contributed by atoms with Crippen LogP contribution in [-0.2, 0) is 21.2 Å². The number of anilines is 1. The van der Waals surface area contributed by atoms with Crippen LogP contribution in [0.2, 0.25) is 0 Å². The van der Waals surface area contributed by atoms with Crippen LogP contribution in [0.15, 0.2) is 28.6 Å². The fourth-order valence-electron chi connectivity index (χ4n) is 2.63. The number of amides is 1. The van der Waals surface area contributed by atoms with Crippen LogP contribution in [0, 0.1) is 0 Å². The first kappa shape index (κ1) is 16.0. The summed E-state index contributed by atoms with van der Waals surface area (Å²) in [5.41, 5.74) is 2.18. The van der Waals surface area contributed by atoms with Gasteiger partial charge in [0.25, 0.3) is 10.0 Å². The van der Waals surface area contributed by atoms with Crippen LogP contribution >= 0.6 is 11.3 Å². The number of carbonyl (C=O) groups excluding carboxylic acids is 1. The van der Waals surface area contributed by atoms with Crippen molar-refractivity contribution < 1.29 is 13.2 Å². The van der Waals surface area contributed by atoms with Crippen LogP contribution in [0.4, 0.5) is 5.13 Å². The summed E-state index contributed by atoms with van der Waals surface area (Å²) < 4.78 is 27.5. The molecule has 3 rings (SSSR count). The van der Waals surface area contributed by atoms with E-state index >= 15 is 0 Å². The van der Waals surface area contributed by atoms with E-state index in [1.807, 2.05) is 24.3 Å². The van der Waals surface area contributed by atoms with Gasteiger partial charge in [-0.2, -0.15) is 0 Å². The van der Waals surface area contributed by atoms with Gasteiger partial charge in [-0.15, -0.1) is 10.2 Å². The number of rotatable bonds is 4. The third-order valence-electron chi connectivity index (χ3n) is 3.59. The lowest BCUT2D eigenvalue weighted by atomic mass is 9.88. The van der Waals surface area contributed by atoms with Gasteiger partial charge in [0.1, 0.15) is 0 Å². The molecule has 1 atom stereocenters. The average Bonchev–Trinajstić information content (AvgIpc) is 2.96. The largest absolute Gasteiger partial charge is 0.301 e. The number of aryl methyl sites for hydroxylation is 1. The highest BCUT2D eigenvalue weighted by Crippen LogP contribution is 2.31. The summed E-state index contributed by atoms with van der Waals surface area (Å²) in [5, 5.41) is 9.94. The van der Waals surface area contributed by atoms with Gasteiger partial charge in [0.05, 0.1) is 0 Å². The standard InChI is InChI=1S/C14H16N4O3S2/c1-9(19)15-13-16-17-14(22-13)23(20,21)18-12-8-4-6-10-5-2-3-7-11(10)12/h2-3,5,7,12,18H,4,6,8H2,1H3,(H,15,16,19)/t12-/m1/s1. The topological polar surface area (TPSA) is 101 Å². The van der Waals surface area contributed by atoms with Gasteiger partial charge in [-0.1, -0.05) is 35.6 Å². The van der Waals surface area contributed by atoms with E-state index in [-0.39, 0.29) is 21.4 Å². The monoisotopic (exact) mass is 352 g/mol. The number of aromatic nitrogens is 2. The minimum absolute atomic E-state index is 0.149. The van der Waals surface area contributed by atoms with Crippen molar-refractivity contribution in [1.82, 2.24) is 14.9 Å². The highest BCUT2D eigenvalue weighted by Gasteiger charge is 2.28. The third-order valence-corrected chi connectivity index (χ3v) is 6.26. The Bertz CT molecular complexity index is 832. The Kier molecular flexibility index (Phi) is 4.42. The van der Waals surface area contributed by atoms with E-state index in [1.165, 1.54) is 12.5 Å². The van der Waals surface area contributed by atoms with Crippen molar-refractivity contribution in [3.63, 3.8) is 0 Å². The molecule has 23 heavy (non-hydrogen) atoms. The second-order valence-electron chi connectivity index (χ2n) is 5.32. The minimum Gasteiger partial charge on any atom is -0.301 e. The maximum absolute atomic E-state index is 12.5. The average molecular weight is 352 g/mol. The number of nitrogens with one attached hydrogen (secondary N) is 2. The van der Waals surface area contributed by atoms with Crippen molar-refractivity contribution in [3.8, 4) is 0 Å². The fourth-order valence-corrected chi connectivity index (χ4v) is 4.85. The molecule has 0 radical (unpaired) electrons. The molecular formula is C14H16N4O3S2. The van der Waals surface area contributed by atoms with Crippen molar-refractivity contribution in [1.29, 1.82) is 0 Å². The summed E-state index contributed by atoms with van der Waals surface area (Å²) in [5.74, 6) is -0.320. The van der Waals surface area contributed by atoms with Gasteiger partial charge in [0.15, 0.2) is 0 Å². The van der Waals surface area contributed by atoms with Crippen molar-refractivity contribution in [2.75, 3.05) is 5.32 Å². The van der Waals surface area contributed by atoms with Gasteiger partial charge >= 0.3 is 0 Å². The molecule has 0 aliphatic heterocycles. The highest BCUT2D eigenvalue weighted by molar-refractivity contribution is 7.91. The van der Waals surface area contributed by atoms with Crippen LogP contribution in [0.1, 0.15) is 36.9 Å². The Balaban J connectivity index is 1.82. The second-order valence-corrected chi connectivity index (χ2v) is 8.18. The zero-order valence-corrected chi connectivity index (χ0v) is 14.1. The number of sulfonamides is 1. The van der Waals surface area contributed by atoms with E-state index in [1.54, 1.807) is 0 Å². The van der Waals surface area contributed by atoms with Crippen LogP contribution in [0.3, 0.4) is 0 Å². The quantitative estimate of drug-likeness (QED) is 0.818. The predicted octanol–water partition coefficient (Wildman–Crippen LogP) is 1.85. The molecule has 9 heteroatoms. The summed E-state index contributed by atoms with van der Waals surface area (Å²) in [7, 11) is -3.77. The number of nitrogens with zero attached hydrogens (tertiary/aromatic N) is 2. The van der Waals surface area contributed by atoms with E-state index in [4.69, 9.17) is 0 Å². The van der Waals surface area contributed by atoms with E-state index in [9.17, 15) is 13.2 Å². The van der Waals surface area contributed by atoms with Gasteiger partial charge in [-0.3, -0.25) is 4.79 Å². The lowest BCUT2D eigenvalue weighted by Crippen LogP contribution is -2.31. The van der Waals surface area contributed by atoms with E-state index < -0.39 is 10.0 Å². The van der Waals surface area contributed by atoms with E-state index in [0.717, 1.165) is 36.2 Å². The lowest BCUT2D eigenvalue weighted by Gasteiger charge is -2.25. The molecule has 1 amide bonds. The van der Waals surface area contributed by atoms with E-state index in [2.05, 4.69) is 20.2 Å². The molecule has 0 saturated carbocycles. The number of fused-ring (bicyclic) bond motifs is 1. The van der Waals surface area contributed by atoms with Gasteiger partial charge in [-0.25, -0.2) is 13.1 Å². The van der Waals surface area contributed by atoms with Crippen LogP contribution in [0.5, 0.6) is 0 Å². The number of hydrogen-bond donors (Lipinski definition) is 2. The number of hydrogen-bond acceptors (Lipinski definition) is 6. The summed E-state index contributed by atoms with van der Waals surface area (Å²) in [4.78, 5) is 11.0. The summed E-state index contributed by atoms with van der Waals surface area (Å²) >= 11 is 0.833. The molecule has 1 aliphatic rings. The van der Waals surface area contributed by atoms with Gasteiger partial charge in [0.2, 0.25) is 15.4 Å². The molecule has 0 spiro atoms. The molecule has 7 nitrogen and oxygen atoms in total. The Labute approximate surface area is 138 Å². The SMILES string of the molecule is CC(=O)Nc1nnc(S(=O)(=O)N[C@@H]2CCCc3ccccc32)s1. The van der Waals surface area contributed by atoms with Crippen molar-refractivity contribution in [2.45, 2.75) is 36.6 Å². The molecule has 2 N–H and O–H groups in total. The molecule has 0 bridgehead atoms. The lowest BCUT2D eigenvalue weighted by molar-refractivity contribution is -0.114. The minimum atomic E-state index is -3.77. The van der Waals surface area contributed by atoms with Crippen LogP contribution in [0.25, 0.3) is 0 Å². The first-order valence-electron chi connectivity index (χ1n) is 7.17. The van der Waals surface area contributed by atoms with E-state index in [0.29, 0.717) is 0 Å². The van der Waals surface area contributed by atoms with Crippen LogP contribution in [-0.4, -0.2) is 24.5 Å².